The van der Waals surface area contributed by atoms with E-state index in [1.807, 2.05) is 0 Å². The Morgan fingerprint density at radius 2 is 2.58 bits per heavy atom. The molecule has 2 fully saturated rings. The van der Waals surface area contributed by atoms with Gasteiger partial charge >= 0.3 is 0 Å². The number of amides is 1. The molecule has 67 valence electrons. The standard InChI is InChI=1S/C8H13N2O2/c9-8(11)1-2-10-4-7-3-6(10)5-12-7/h1,6-7H,2-5H2,(H2,9,11). The number of likely N-dealkylation sites (tertiary alicyclic amines) is 1. The zero-order chi connectivity index (χ0) is 8.55. The van der Waals surface area contributed by atoms with E-state index in [4.69, 9.17) is 10.5 Å². The zero-order valence-electron chi connectivity index (χ0n) is 6.90. The van der Waals surface area contributed by atoms with Crippen LogP contribution in [0.1, 0.15) is 6.42 Å². The first kappa shape index (κ1) is 8.01. The Balaban J connectivity index is 1.79. The van der Waals surface area contributed by atoms with Gasteiger partial charge in [0.05, 0.1) is 19.1 Å². The molecule has 2 N–H and O–H groups in total. The van der Waals surface area contributed by atoms with Crippen molar-refractivity contribution >= 4 is 5.91 Å². The summed E-state index contributed by atoms with van der Waals surface area (Å²) in [6.07, 6.45) is 3.05. The number of carbonyl (C=O) groups excluding carboxylic acids is 1. The number of fused-ring (bicyclic) bond motifs is 2. The van der Waals surface area contributed by atoms with Crippen LogP contribution in [0.5, 0.6) is 0 Å². The van der Waals surface area contributed by atoms with E-state index in [0.29, 0.717) is 18.7 Å². The highest BCUT2D eigenvalue weighted by Crippen LogP contribution is 2.27. The van der Waals surface area contributed by atoms with E-state index in [1.165, 1.54) is 6.42 Å². The molecule has 12 heavy (non-hydrogen) atoms. The van der Waals surface area contributed by atoms with Gasteiger partial charge in [-0.1, -0.05) is 0 Å². The molecule has 0 aromatic carbocycles. The first-order valence-corrected chi connectivity index (χ1v) is 4.24. The van der Waals surface area contributed by atoms with Crippen molar-refractivity contribution in [1.29, 1.82) is 0 Å². The molecule has 4 heteroatoms. The molecule has 2 aliphatic rings. The van der Waals surface area contributed by atoms with Crippen molar-refractivity contribution in [3.63, 3.8) is 0 Å². The molecule has 0 aromatic heterocycles. The molecule has 2 atom stereocenters. The lowest BCUT2D eigenvalue weighted by Crippen LogP contribution is -2.39. The summed E-state index contributed by atoms with van der Waals surface area (Å²) in [5.74, 6) is -0.335. The topological polar surface area (TPSA) is 55.6 Å². The average molecular weight is 169 g/mol. The maximum atomic E-state index is 10.5. The molecule has 0 aromatic rings. The number of nitrogens with zero attached hydrogens (tertiary/aromatic N) is 1. The van der Waals surface area contributed by atoms with Gasteiger partial charge in [0.15, 0.2) is 0 Å². The molecular formula is C8H13N2O2. The van der Waals surface area contributed by atoms with Gasteiger partial charge in [-0.3, -0.25) is 9.69 Å². The van der Waals surface area contributed by atoms with Gasteiger partial charge < -0.3 is 10.5 Å². The van der Waals surface area contributed by atoms with Crippen LogP contribution in [0.25, 0.3) is 0 Å². The minimum absolute atomic E-state index is 0.335. The molecule has 2 heterocycles. The zero-order valence-corrected chi connectivity index (χ0v) is 6.90. The lowest BCUT2D eigenvalue weighted by molar-refractivity contribution is -0.115. The average Bonchev–Trinajstić information content (AvgIpc) is 2.60. The number of morpholine rings is 1. The van der Waals surface area contributed by atoms with Crippen molar-refractivity contribution in [1.82, 2.24) is 4.90 Å². The number of hydrogen-bond acceptors (Lipinski definition) is 3. The van der Waals surface area contributed by atoms with Gasteiger partial charge in [0, 0.05) is 19.1 Å². The lowest BCUT2D eigenvalue weighted by atomic mass is 10.2. The summed E-state index contributed by atoms with van der Waals surface area (Å²) in [6.45, 7) is 2.45. The molecule has 2 rings (SSSR count). The van der Waals surface area contributed by atoms with Crippen molar-refractivity contribution in [2.45, 2.75) is 18.6 Å². The summed E-state index contributed by atoms with van der Waals surface area (Å²) in [6, 6.07) is 0.519. The third-order valence-electron chi connectivity index (χ3n) is 2.54. The van der Waals surface area contributed by atoms with E-state index in [2.05, 4.69) is 4.90 Å². The highest BCUT2D eigenvalue weighted by atomic mass is 16.5. The van der Waals surface area contributed by atoms with Gasteiger partial charge in [-0.2, -0.15) is 0 Å². The Morgan fingerprint density at radius 1 is 1.75 bits per heavy atom. The maximum Gasteiger partial charge on any atom is 0.222 e. The number of nitrogens with two attached hydrogens (primary N) is 1. The quantitative estimate of drug-likeness (QED) is 0.598. The molecule has 0 saturated carbocycles. The van der Waals surface area contributed by atoms with Crippen LogP contribution in [0.15, 0.2) is 0 Å². The van der Waals surface area contributed by atoms with Gasteiger partial charge in [0.1, 0.15) is 0 Å². The Morgan fingerprint density at radius 3 is 3.08 bits per heavy atom. The fourth-order valence-electron chi connectivity index (χ4n) is 1.91. The second-order valence-corrected chi connectivity index (χ2v) is 3.41. The van der Waals surface area contributed by atoms with Crippen LogP contribution in [0, 0.1) is 6.42 Å². The maximum absolute atomic E-state index is 10.5. The van der Waals surface area contributed by atoms with Gasteiger partial charge in [-0.05, 0) is 6.42 Å². The van der Waals surface area contributed by atoms with E-state index >= 15 is 0 Å². The monoisotopic (exact) mass is 169 g/mol. The van der Waals surface area contributed by atoms with E-state index in [1.54, 1.807) is 0 Å². The second-order valence-electron chi connectivity index (χ2n) is 3.41. The van der Waals surface area contributed by atoms with Crippen LogP contribution >= 0.6 is 0 Å². The number of hydrogen-bond donors (Lipinski definition) is 1. The van der Waals surface area contributed by atoms with Crippen molar-refractivity contribution < 1.29 is 9.53 Å². The molecular weight excluding hydrogens is 156 g/mol. The molecule has 1 radical (unpaired) electrons. The van der Waals surface area contributed by atoms with Crippen LogP contribution < -0.4 is 5.73 Å². The Bertz CT molecular complexity index is 195. The highest BCUT2D eigenvalue weighted by molar-refractivity contribution is 5.83. The minimum Gasteiger partial charge on any atom is -0.375 e. The van der Waals surface area contributed by atoms with Gasteiger partial charge in [-0.15, -0.1) is 0 Å². The Hall–Kier alpha value is -0.610. The van der Waals surface area contributed by atoms with Crippen molar-refractivity contribution in [3.05, 3.63) is 6.42 Å². The highest BCUT2D eigenvalue weighted by Gasteiger charge is 2.38. The second kappa shape index (κ2) is 3.03. The minimum atomic E-state index is -0.335. The SMILES string of the molecule is NC(=O)[CH]CN1CC2CC1CO2. The number of ether oxygens (including phenoxy) is 1. The molecule has 4 nitrogen and oxygen atoms in total. The first-order valence-electron chi connectivity index (χ1n) is 4.24. The van der Waals surface area contributed by atoms with Crippen molar-refractivity contribution in [3.8, 4) is 0 Å². The fourth-order valence-corrected chi connectivity index (χ4v) is 1.91. The first-order chi connectivity index (χ1) is 5.75. The van der Waals surface area contributed by atoms with E-state index < -0.39 is 0 Å². The molecule has 2 unspecified atom stereocenters. The molecule has 1 amide bonds. The summed E-state index contributed by atoms with van der Waals surface area (Å²) in [4.78, 5) is 12.7. The molecule has 2 saturated heterocycles. The predicted octanol–water partition coefficient (Wildman–Crippen LogP) is -0.851. The summed E-state index contributed by atoms with van der Waals surface area (Å²) >= 11 is 0. The molecule has 2 bridgehead atoms. The number of primary amides is 1. The van der Waals surface area contributed by atoms with Crippen LogP contribution in [-0.2, 0) is 9.53 Å². The summed E-state index contributed by atoms with van der Waals surface area (Å²) in [5, 5.41) is 0. The molecule has 2 aliphatic heterocycles. The summed E-state index contributed by atoms with van der Waals surface area (Å²) < 4.78 is 5.42. The van der Waals surface area contributed by atoms with E-state index in [0.717, 1.165) is 19.6 Å². The molecule has 0 spiro atoms. The van der Waals surface area contributed by atoms with Gasteiger partial charge in [0.25, 0.3) is 0 Å². The molecule has 0 aliphatic carbocycles. The Kier molecular flexibility index (Phi) is 2.02. The van der Waals surface area contributed by atoms with Crippen LogP contribution in [0.3, 0.4) is 0 Å². The van der Waals surface area contributed by atoms with E-state index in [9.17, 15) is 4.79 Å². The van der Waals surface area contributed by atoms with Gasteiger partial charge in [0.2, 0.25) is 5.91 Å². The number of rotatable bonds is 3. The number of carbonyl (C=O) groups is 1. The van der Waals surface area contributed by atoms with Crippen LogP contribution in [0.4, 0.5) is 0 Å². The lowest BCUT2D eigenvalue weighted by Gasteiger charge is -2.25. The third-order valence-corrected chi connectivity index (χ3v) is 2.54. The summed E-state index contributed by atoms with van der Waals surface area (Å²) in [7, 11) is 0. The fraction of sp³-hybridized carbons (Fsp3) is 0.750. The van der Waals surface area contributed by atoms with Crippen LogP contribution in [0.2, 0.25) is 0 Å². The smallest absolute Gasteiger partial charge is 0.222 e. The van der Waals surface area contributed by atoms with E-state index in [-0.39, 0.29) is 5.91 Å². The van der Waals surface area contributed by atoms with Crippen LogP contribution in [-0.4, -0.2) is 42.6 Å². The van der Waals surface area contributed by atoms with Gasteiger partial charge in [-0.25, -0.2) is 0 Å². The Labute approximate surface area is 71.7 Å². The van der Waals surface area contributed by atoms with Crippen molar-refractivity contribution in [2.75, 3.05) is 19.7 Å². The third kappa shape index (κ3) is 1.44. The van der Waals surface area contributed by atoms with Crippen molar-refractivity contribution in [2.24, 2.45) is 5.73 Å². The predicted molar refractivity (Wildman–Crippen MR) is 43.2 cm³/mol. The summed E-state index contributed by atoms with van der Waals surface area (Å²) in [5.41, 5.74) is 5.02. The largest absolute Gasteiger partial charge is 0.375 e. The normalized spacial score (nSPS) is 34.3.